The van der Waals surface area contributed by atoms with Crippen LogP contribution in [0.1, 0.15) is 35.7 Å². The van der Waals surface area contributed by atoms with E-state index in [1.807, 2.05) is 6.92 Å². The number of carbonyl (C=O) groups excluding carboxylic acids is 1. The Balaban J connectivity index is 2.32. The first-order valence-corrected chi connectivity index (χ1v) is 5.92. The van der Waals surface area contributed by atoms with E-state index in [1.165, 1.54) is 11.1 Å². The molecule has 1 aromatic heterocycles. The summed E-state index contributed by atoms with van der Waals surface area (Å²) >= 11 is 0. The van der Waals surface area contributed by atoms with Crippen LogP contribution in [-0.4, -0.2) is 39.0 Å². The van der Waals surface area contributed by atoms with Crippen LogP contribution in [0.4, 0.5) is 0 Å². The lowest BCUT2D eigenvalue weighted by Gasteiger charge is -2.31. The second-order valence-corrected chi connectivity index (χ2v) is 4.89. The van der Waals surface area contributed by atoms with E-state index in [0.717, 1.165) is 5.56 Å². The summed E-state index contributed by atoms with van der Waals surface area (Å²) in [7, 11) is 0. The van der Waals surface area contributed by atoms with Crippen molar-refractivity contribution in [3.05, 3.63) is 29.6 Å². The number of nitrogens with zero attached hydrogens (tertiary/aromatic N) is 2. The van der Waals surface area contributed by atoms with Gasteiger partial charge in [-0.2, -0.15) is 0 Å². The van der Waals surface area contributed by atoms with Crippen LogP contribution in [-0.2, 0) is 4.79 Å². The minimum absolute atomic E-state index is 0.256. The molecular formula is C13H16N2O3. The average Bonchev–Trinajstić information content (AvgIpc) is 2.72. The molecule has 0 aromatic carbocycles. The van der Waals surface area contributed by atoms with E-state index in [4.69, 9.17) is 0 Å². The van der Waals surface area contributed by atoms with Crippen molar-refractivity contribution >= 4 is 11.9 Å². The molecule has 5 nitrogen and oxygen atoms in total. The van der Waals surface area contributed by atoms with E-state index >= 15 is 0 Å². The van der Waals surface area contributed by atoms with Crippen LogP contribution < -0.4 is 0 Å². The highest BCUT2D eigenvalue weighted by molar-refractivity contribution is 5.98. The highest BCUT2D eigenvalue weighted by Gasteiger charge is 2.46. The lowest BCUT2D eigenvalue weighted by Crippen LogP contribution is -2.50. The van der Waals surface area contributed by atoms with Crippen molar-refractivity contribution in [1.29, 1.82) is 0 Å². The molecule has 2 rings (SSSR count). The van der Waals surface area contributed by atoms with Crippen molar-refractivity contribution in [1.82, 2.24) is 9.88 Å². The number of likely N-dealkylation sites (tertiary alicyclic amines) is 1. The van der Waals surface area contributed by atoms with Crippen LogP contribution in [0.5, 0.6) is 0 Å². The van der Waals surface area contributed by atoms with E-state index in [2.05, 4.69) is 4.98 Å². The summed E-state index contributed by atoms with van der Waals surface area (Å²) in [5.41, 5.74) is 0.238. The predicted octanol–water partition coefficient (Wildman–Crippen LogP) is 1.47. The summed E-state index contributed by atoms with van der Waals surface area (Å²) in [5, 5.41) is 9.28. The molecule has 0 spiro atoms. The zero-order valence-electron chi connectivity index (χ0n) is 10.5. The first kappa shape index (κ1) is 12.5. The largest absolute Gasteiger partial charge is 0.480 e. The monoisotopic (exact) mass is 248 g/mol. The summed E-state index contributed by atoms with van der Waals surface area (Å²) in [5.74, 6) is -1.21. The van der Waals surface area contributed by atoms with Gasteiger partial charge in [-0.05, 0) is 38.3 Å². The number of amides is 1. The average molecular weight is 248 g/mol. The number of carboxylic acids is 1. The third-order valence-electron chi connectivity index (χ3n) is 3.47. The zero-order valence-corrected chi connectivity index (χ0v) is 10.5. The lowest BCUT2D eigenvalue weighted by molar-refractivity contribution is -0.147. The summed E-state index contributed by atoms with van der Waals surface area (Å²) in [6, 6.07) is 1.73. The van der Waals surface area contributed by atoms with Crippen LogP contribution >= 0.6 is 0 Å². The van der Waals surface area contributed by atoms with Crippen molar-refractivity contribution in [3.63, 3.8) is 0 Å². The number of pyridine rings is 1. The number of carboxylic acid groups (broad SMARTS) is 1. The van der Waals surface area contributed by atoms with Gasteiger partial charge >= 0.3 is 5.97 Å². The second-order valence-electron chi connectivity index (χ2n) is 4.89. The SMILES string of the molecule is Cc1cncc(C(=O)N2CCCC2(C)C(=O)O)c1. The molecule has 0 bridgehead atoms. The maximum absolute atomic E-state index is 12.3. The molecule has 1 aliphatic rings. The third-order valence-corrected chi connectivity index (χ3v) is 3.47. The van der Waals surface area contributed by atoms with E-state index in [-0.39, 0.29) is 5.91 Å². The fraction of sp³-hybridized carbons (Fsp3) is 0.462. The Morgan fingerprint density at radius 3 is 2.78 bits per heavy atom. The van der Waals surface area contributed by atoms with Crippen LogP contribution in [0.3, 0.4) is 0 Å². The lowest BCUT2D eigenvalue weighted by atomic mass is 9.98. The highest BCUT2D eigenvalue weighted by atomic mass is 16.4. The maximum Gasteiger partial charge on any atom is 0.329 e. The molecule has 1 N–H and O–H groups in total. The quantitative estimate of drug-likeness (QED) is 0.860. The molecule has 1 amide bonds. The van der Waals surface area contributed by atoms with Gasteiger partial charge in [0.2, 0.25) is 0 Å². The molecule has 1 aliphatic heterocycles. The Labute approximate surface area is 105 Å². The molecular weight excluding hydrogens is 232 g/mol. The van der Waals surface area contributed by atoms with Gasteiger partial charge in [-0.15, -0.1) is 0 Å². The van der Waals surface area contributed by atoms with Gasteiger partial charge in [-0.25, -0.2) is 4.79 Å². The Hall–Kier alpha value is -1.91. The summed E-state index contributed by atoms with van der Waals surface area (Å²) in [6.07, 6.45) is 4.36. The van der Waals surface area contributed by atoms with Crippen molar-refractivity contribution in [2.45, 2.75) is 32.2 Å². The molecule has 0 radical (unpaired) electrons. The van der Waals surface area contributed by atoms with Gasteiger partial charge in [0.15, 0.2) is 0 Å². The number of aliphatic carboxylic acids is 1. The molecule has 0 aliphatic carbocycles. The molecule has 1 saturated heterocycles. The minimum atomic E-state index is -1.10. The highest BCUT2D eigenvalue weighted by Crippen LogP contribution is 2.30. The van der Waals surface area contributed by atoms with E-state index in [0.29, 0.717) is 24.9 Å². The first-order valence-electron chi connectivity index (χ1n) is 5.92. The molecule has 5 heteroatoms. The Morgan fingerprint density at radius 2 is 2.17 bits per heavy atom. The Morgan fingerprint density at radius 1 is 1.44 bits per heavy atom. The maximum atomic E-state index is 12.3. The summed E-state index contributed by atoms with van der Waals surface area (Å²) in [6.45, 7) is 3.93. The Bertz CT molecular complexity index is 501. The number of aromatic nitrogens is 1. The van der Waals surface area contributed by atoms with E-state index in [9.17, 15) is 14.7 Å². The van der Waals surface area contributed by atoms with Gasteiger partial charge in [0.25, 0.3) is 5.91 Å². The smallest absolute Gasteiger partial charge is 0.329 e. The van der Waals surface area contributed by atoms with Crippen LogP contribution in [0.15, 0.2) is 18.5 Å². The number of carbonyl (C=O) groups is 2. The van der Waals surface area contributed by atoms with Gasteiger partial charge in [0.05, 0.1) is 5.56 Å². The van der Waals surface area contributed by atoms with Crippen LogP contribution in [0, 0.1) is 6.92 Å². The molecule has 1 aromatic rings. The number of hydrogen-bond acceptors (Lipinski definition) is 3. The molecule has 96 valence electrons. The standard InChI is InChI=1S/C13H16N2O3/c1-9-6-10(8-14-7-9)11(16)15-5-3-4-13(15,2)12(17)18/h6-8H,3-5H2,1-2H3,(H,17,18). The second kappa shape index (κ2) is 4.40. The normalized spacial score (nSPS) is 23.1. The summed E-state index contributed by atoms with van der Waals surface area (Å²) < 4.78 is 0. The van der Waals surface area contributed by atoms with Crippen molar-refractivity contribution in [3.8, 4) is 0 Å². The van der Waals surface area contributed by atoms with Gasteiger partial charge < -0.3 is 10.0 Å². The topological polar surface area (TPSA) is 70.5 Å². The predicted molar refractivity (Wildman–Crippen MR) is 65.3 cm³/mol. The Kier molecular flexibility index (Phi) is 3.07. The van der Waals surface area contributed by atoms with E-state index < -0.39 is 11.5 Å². The van der Waals surface area contributed by atoms with Gasteiger partial charge in [-0.1, -0.05) is 0 Å². The molecule has 2 heterocycles. The fourth-order valence-electron chi connectivity index (χ4n) is 2.34. The molecule has 1 atom stereocenters. The van der Waals surface area contributed by atoms with E-state index in [1.54, 1.807) is 19.2 Å². The zero-order chi connectivity index (χ0) is 13.3. The van der Waals surface area contributed by atoms with Crippen molar-refractivity contribution in [2.24, 2.45) is 0 Å². The molecule has 1 fully saturated rings. The van der Waals surface area contributed by atoms with Crippen LogP contribution in [0.2, 0.25) is 0 Å². The molecule has 18 heavy (non-hydrogen) atoms. The van der Waals surface area contributed by atoms with Crippen LogP contribution in [0.25, 0.3) is 0 Å². The molecule has 0 saturated carbocycles. The number of rotatable bonds is 2. The molecule has 1 unspecified atom stereocenters. The van der Waals surface area contributed by atoms with Gasteiger partial charge in [-0.3, -0.25) is 9.78 Å². The third kappa shape index (κ3) is 1.96. The minimum Gasteiger partial charge on any atom is -0.480 e. The fourth-order valence-corrected chi connectivity index (χ4v) is 2.34. The van der Waals surface area contributed by atoms with Gasteiger partial charge in [0.1, 0.15) is 5.54 Å². The van der Waals surface area contributed by atoms with Crippen molar-refractivity contribution < 1.29 is 14.7 Å². The van der Waals surface area contributed by atoms with Gasteiger partial charge in [0, 0.05) is 18.9 Å². The number of hydrogen-bond donors (Lipinski definition) is 1. The number of aryl methyl sites for hydroxylation is 1. The first-order chi connectivity index (χ1) is 8.45. The van der Waals surface area contributed by atoms with Crippen molar-refractivity contribution in [2.75, 3.05) is 6.54 Å². The summed E-state index contributed by atoms with van der Waals surface area (Å²) in [4.78, 5) is 29.1.